The number of aliphatic hydroxyl groups is 1. The zero-order chi connectivity index (χ0) is 14.7. The number of carbonyl (C=O) groups excluding carboxylic acids is 1. The summed E-state index contributed by atoms with van der Waals surface area (Å²) in [7, 11) is 0. The van der Waals surface area contributed by atoms with E-state index in [1.165, 1.54) is 0 Å². The summed E-state index contributed by atoms with van der Waals surface area (Å²) in [6.45, 7) is 0.630. The lowest BCUT2D eigenvalue weighted by Gasteiger charge is -2.22. The van der Waals surface area contributed by atoms with Gasteiger partial charge in [-0.2, -0.15) is 0 Å². The van der Waals surface area contributed by atoms with Gasteiger partial charge < -0.3 is 19.9 Å². The fraction of sp³-hybridized carbons (Fsp3) is 0.562. The van der Waals surface area contributed by atoms with Gasteiger partial charge in [0.2, 0.25) is 12.7 Å². The Morgan fingerprint density at radius 2 is 2.00 bits per heavy atom. The SMILES string of the molecule is O=C(CCc1ccc2c(c1)OCO2)NCC1(O)CCCC1. The van der Waals surface area contributed by atoms with Gasteiger partial charge >= 0.3 is 0 Å². The van der Waals surface area contributed by atoms with Crippen LogP contribution in [0, 0.1) is 0 Å². The summed E-state index contributed by atoms with van der Waals surface area (Å²) in [5.74, 6) is 1.48. The summed E-state index contributed by atoms with van der Waals surface area (Å²) in [5.41, 5.74) is 0.364. The molecular formula is C16H21NO4. The van der Waals surface area contributed by atoms with Crippen LogP contribution in [0.1, 0.15) is 37.7 Å². The van der Waals surface area contributed by atoms with Crippen molar-refractivity contribution in [3.63, 3.8) is 0 Å². The van der Waals surface area contributed by atoms with Crippen molar-refractivity contribution in [2.45, 2.75) is 44.1 Å². The first-order chi connectivity index (χ1) is 10.1. The number of benzene rings is 1. The first-order valence-electron chi connectivity index (χ1n) is 7.52. The summed E-state index contributed by atoms with van der Waals surface area (Å²) in [5, 5.41) is 13.0. The molecule has 114 valence electrons. The minimum atomic E-state index is -0.686. The van der Waals surface area contributed by atoms with Crippen LogP contribution < -0.4 is 14.8 Å². The highest BCUT2D eigenvalue weighted by atomic mass is 16.7. The summed E-state index contributed by atoms with van der Waals surface area (Å²) < 4.78 is 10.6. The normalized spacial score (nSPS) is 18.7. The van der Waals surface area contributed by atoms with Crippen LogP contribution in [0.15, 0.2) is 18.2 Å². The summed E-state index contributed by atoms with van der Waals surface area (Å²) in [6.07, 6.45) is 4.73. The van der Waals surface area contributed by atoms with Crippen molar-refractivity contribution >= 4 is 5.91 Å². The van der Waals surface area contributed by atoms with Gasteiger partial charge in [0, 0.05) is 13.0 Å². The molecule has 0 aromatic heterocycles. The molecule has 3 rings (SSSR count). The molecule has 21 heavy (non-hydrogen) atoms. The molecule has 1 saturated carbocycles. The highest BCUT2D eigenvalue weighted by Gasteiger charge is 2.31. The predicted molar refractivity (Wildman–Crippen MR) is 77.3 cm³/mol. The second-order valence-electron chi connectivity index (χ2n) is 5.90. The molecule has 5 heteroatoms. The van der Waals surface area contributed by atoms with E-state index in [1.54, 1.807) is 0 Å². The third-order valence-corrected chi connectivity index (χ3v) is 4.23. The van der Waals surface area contributed by atoms with E-state index in [0.717, 1.165) is 42.7 Å². The van der Waals surface area contributed by atoms with Gasteiger partial charge in [-0.25, -0.2) is 0 Å². The summed E-state index contributed by atoms with van der Waals surface area (Å²) >= 11 is 0. The van der Waals surface area contributed by atoms with Gasteiger partial charge in [-0.05, 0) is 37.0 Å². The van der Waals surface area contributed by atoms with Gasteiger partial charge in [0.25, 0.3) is 0 Å². The van der Waals surface area contributed by atoms with Crippen LogP contribution >= 0.6 is 0 Å². The molecule has 2 N–H and O–H groups in total. The Labute approximate surface area is 124 Å². The lowest BCUT2D eigenvalue weighted by atomic mass is 10.0. The number of nitrogens with one attached hydrogen (secondary N) is 1. The minimum absolute atomic E-state index is 0.0204. The third kappa shape index (κ3) is 3.47. The summed E-state index contributed by atoms with van der Waals surface area (Å²) in [6, 6.07) is 5.74. The molecule has 1 aliphatic carbocycles. The first kappa shape index (κ1) is 14.2. The van der Waals surface area contributed by atoms with Gasteiger partial charge in [0.05, 0.1) is 5.60 Å². The van der Waals surface area contributed by atoms with E-state index >= 15 is 0 Å². The average molecular weight is 291 g/mol. The maximum absolute atomic E-state index is 11.9. The molecule has 5 nitrogen and oxygen atoms in total. The Morgan fingerprint density at radius 3 is 2.81 bits per heavy atom. The number of fused-ring (bicyclic) bond motifs is 1. The monoisotopic (exact) mass is 291 g/mol. The molecule has 1 aromatic rings. The Morgan fingerprint density at radius 1 is 1.24 bits per heavy atom. The maximum Gasteiger partial charge on any atom is 0.231 e. The van der Waals surface area contributed by atoms with Crippen molar-refractivity contribution < 1.29 is 19.4 Å². The highest BCUT2D eigenvalue weighted by Crippen LogP contribution is 2.32. The standard InChI is InChI=1S/C16H21NO4/c18-15(17-10-16(19)7-1-2-8-16)6-4-12-3-5-13-14(9-12)21-11-20-13/h3,5,9,19H,1-2,4,6-8,10-11H2,(H,17,18). The van der Waals surface area contributed by atoms with Gasteiger partial charge in [-0.1, -0.05) is 18.9 Å². The Bertz CT molecular complexity index is 523. The predicted octanol–water partition coefficient (Wildman–Crippen LogP) is 1.77. The molecule has 0 saturated heterocycles. The first-order valence-corrected chi connectivity index (χ1v) is 7.52. The number of hydrogen-bond acceptors (Lipinski definition) is 4. The number of carbonyl (C=O) groups is 1. The van der Waals surface area contributed by atoms with Crippen LogP contribution in [0.25, 0.3) is 0 Å². The molecule has 1 amide bonds. The van der Waals surface area contributed by atoms with Gasteiger partial charge in [0.1, 0.15) is 0 Å². The van der Waals surface area contributed by atoms with Crippen molar-refractivity contribution in [1.29, 1.82) is 0 Å². The van der Waals surface area contributed by atoms with Crippen LogP contribution in [0.3, 0.4) is 0 Å². The fourth-order valence-corrected chi connectivity index (χ4v) is 2.92. The van der Waals surface area contributed by atoms with E-state index in [4.69, 9.17) is 9.47 Å². The van der Waals surface area contributed by atoms with Crippen molar-refractivity contribution in [2.24, 2.45) is 0 Å². The lowest BCUT2D eigenvalue weighted by molar-refractivity contribution is -0.122. The quantitative estimate of drug-likeness (QED) is 0.867. The number of hydrogen-bond donors (Lipinski definition) is 2. The average Bonchev–Trinajstić information content (AvgIpc) is 3.11. The molecule has 1 heterocycles. The number of rotatable bonds is 5. The lowest BCUT2D eigenvalue weighted by Crippen LogP contribution is -2.40. The maximum atomic E-state index is 11.9. The van der Waals surface area contributed by atoms with E-state index in [-0.39, 0.29) is 12.7 Å². The van der Waals surface area contributed by atoms with E-state index in [1.807, 2.05) is 18.2 Å². The minimum Gasteiger partial charge on any atom is -0.454 e. The zero-order valence-corrected chi connectivity index (χ0v) is 12.1. The molecule has 2 aliphatic rings. The molecule has 0 bridgehead atoms. The molecule has 1 aliphatic heterocycles. The Balaban J connectivity index is 1.45. The van der Waals surface area contributed by atoms with Gasteiger partial charge in [0.15, 0.2) is 11.5 Å². The number of ether oxygens (including phenoxy) is 2. The fourth-order valence-electron chi connectivity index (χ4n) is 2.92. The zero-order valence-electron chi connectivity index (χ0n) is 12.1. The van der Waals surface area contributed by atoms with Crippen LogP contribution in [0.4, 0.5) is 0 Å². The van der Waals surface area contributed by atoms with Crippen LogP contribution in [0.2, 0.25) is 0 Å². The molecule has 0 radical (unpaired) electrons. The van der Waals surface area contributed by atoms with E-state index in [9.17, 15) is 9.90 Å². The van der Waals surface area contributed by atoms with Crippen LogP contribution in [0.5, 0.6) is 11.5 Å². The molecular weight excluding hydrogens is 270 g/mol. The molecule has 0 spiro atoms. The van der Waals surface area contributed by atoms with E-state index < -0.39 is 5.60 Å². The van der Waals surface area contributed by atoms with Crippen LogP contribution in [-0.2, 0) is 11.2 Å². The Hall–Kier alpha value is -1.75. The molecule has 1 fully saturated rings. The molecule has 0 atom stereocenters. The second-order valence-corrected chi connectivity index (χ2v) is 5.90. The van der Waals surface area contributed by atoms with E-state index in [2.05, 4.69) is 5.32 Å². The number of amides is 1. The second kappa shape index (κ2) is 5.93. The largest absolute Gasteiger partial charge is 0.454 e. The van der Waals surface area contributed by atoms with Crippen molar-refractivity contribution in [3.8, 4) is 11.5 Å². The van der Waals surface area contributed by atoms with Crippen molar-refractivity contribution in [3.05, 3.63) is 23.8 Å². The topological polar surface area (TPSA) is 67.8 Å². The van der Waals surface area contributed by atoms with E-state index in [0.29, 0.717) is 19.4 Å². The van der Waals surface area contributed by atoms with Gasteiger partial charge in [-0.15, -0.1) is 0 Å². The van der Waals surface area contributed by atoms with Crippen molar-refractivity contribution in [2.75, 3.05) is 13.3 Å². The highest BCUT2D eigenvalue weighted by molar-refractivity contribution is 5.76. The Kier molecular flexibility index (Phi) is 4.01. The smallest absolute Gasteiger partial charge is 0.231 e. The number of aryl methyl sites for hydroxylation is 1. The third-order valence-electron chi connectivity index (χ3n) is 4.23. The van der Waals surface area contributed by atoms with Crippen molar-refractivity contribution in [1.82, 2.24) is 5.32 Å². The molecule has 1 aromatic carbocycles. The summed E-state index contributed by atoms with van der Waals surface area (Å²) in [4.78, 5) is 11.9. The van der Waals surface area contributed by atoms with Gasteiger partial charge in [-0.3, -0.25) is 4.79 Å². The molecule has 0 unspecified atom stereocenters. The van der Waals surface area contributed by atoms with Crippen LogP contribution in [-0.4, -0.2) is 30.0 Å².